The van der Waals surface area contributed by atoms with Gasteiger partial charge in [0.2, 0.25) is 5.91 Å². The first-order chi connectivity index (χ1) is 28.5. The van der Waals surface area contributed by atoms with E-state index >= 15 is 0 Å². The molecule has 0 spiro atoms. The Kier molecular flexibility index (Phi) is 16.3. The second-order valence-corrected chi connectivity index (χ2v) is 23.4. The molecule has 1 aliphatic heterocycles. The van der Waals surface area contributed by atoms with Crippen LogP contribution in [0.2, 0.25) is 18.1 Å². The van der Waals surface area contributed by atoms with Crippen LogP contribution in [0.25, 0.3) is 11.1 Å². The number of aliphatic hydroxyl groups excluding tert-OH is 1. The van der Waals surface area contributed by atoms with Crippen molar-refractivity contribution in [3.63, 3.8) is 0 Å². The summed E-state index contributed by atoms with van der Waals surface area (Å²) in [5.41, 5.74) is 5.29. The van der Waals surface area contributed by atoms with Gasteiger partial charge in [-0.3, -0.25) is 4.79 Å². The molecule has 0 radical (unpaired) electrons. The molecule has 3 aromatic rings. The van der Waals surface area contributed by atoms with Crippen molar-refractivity contribution in [3.05, 3.63) is 95.6 Å². The molecular weight excluding hydrogens is 773 g/mol. The van der Waals surface area contributed by atoms with E-state index in [4.69, 9.17) is 13.9 Å². The number of benzene rings is 3. The van der Waals surface area contributed by atoms with E-state index in [-0.39, 0.29) is 60.2 Å². The number of nitrogens with zero attached hydrogens (tertiary/aromatic N) is 1. The molecular formula is C49H68N2O8Si. The highest BCUT2D eigenvalue weighted by molar-refractivity contribution is 6.74. The molecule has 1 fully saturated rings. The number of aliphatic hydroxyl groups is 1. The summed E-state index contributed by atoms with van der Waals surface area (Å²) in [6, 6.07) is 23.9. The lowest BCUT2D eigenvalue weighted by molar-refractivity contribution is -0.162. The van der Waals surface area contributed by atoms with Crippen LogP contribution in [0, 0.1) is 11.8 Å². The third kappa shape index (κ3) is 11.9. The minimum Gasteiger partial charge on any atom is -0.460 e. The summed E-state index contributed by atoms with van der Waals surface area (Å²) < 4.78 is 19.2. The van der Waals surface area contributed by atoms with Crippen LogP contribution in [0.15, 0.2) is 78.9 Å². The van der Waals surface area contributed by atoms with Crippen LogP contribution in [-0.4, -0.2) is 86.1 Å². The van der Waals surface area contributed by atoms with Gasteiger partial charge in [-0.25, -0.2) is 9.59 Å². The van der Waals surface area contributed by atoms with E-state index in [9.17, 15) is 24.3 Å². The van der Waals surface area contributed by atoms with Crippen LogP contribution in [-0.2, 0) is 34.7 Å². The van der Waals surface area contributed by atoms with Crippen molar-refractivity contribution in [1.82, 2.24) is 10.2 Å². The molecule has 5 rings (SSSR count). The Balaban J connectivity index is 1.33. The monoisotopic (exact) mass is 840 g/mol. The Morgan fingerprint density at radius 1 is 0.867 bits per heavy atom. The van der Waals surface area contributed by atoms with Gasteiger partial charge in [0.1, 0.15) is 30.6 Å². The van der Waals surface area contributed by atoms with E-state index in [2.05, 4.69) is 70.4 Å². The molecule has 10 nitrogen and oxygen atoms in total. The van der Waals surface area contributed by atoms with Crippen LogP contribution < -0.4 is 5.32 Å². The smallest absolute Gasteiger partial charge is 0.407 e. The number of likely N-dealkylation sites (tertiary alicyclic amines) is 1. The Morgan fingerprint density at radius 3 is 2.08 bits per heavy atom. The van der Waals surface area contributed by atoms with E-state index in [1.807, 2.05) is 61.5 Å². The molecule has 326 valence electrons. The van der Waals surface area contributed by atoms with Crippen molar-refractivity contribution in [2.45, 2.75) is 141 Å². The Hall–Kier alpha value is -4.32. The molecule has 11 heteroatoms. The summed E-state index contributed by atoms with van der Waals surface area (Å²) in [5.74, 6) is -1.10. The summed E-state index contributed by atoms with van der Waals surface area (Å²) >= 11 is 0. The van der Waals surface area contributed by atoms with E-state index in [1.54, 1.807) is 11.8 Å². The number of rotatable bonds is 20. The Morgan fingerprint density at radius 2 is 1.48 bits per heavy atom. The number of Topliss-reactive ketones (excluding diaryl/α,β-unsaturated/α-hetero) is 1. The highest BCUT2D eigenvalue weighted by Gasteiger charge is 2.43. The van der Waals surface area contributed by atoms with Crippen molar-refractivity contribution < 1.29 is 38.2 Å². The van der Waals surface area contributed by atoms with Gasteiger partial charge >= 0.3 is 12.1 Å². The number of carbonyl (C=O) groups excluding carboxylic acids is 4. The number of alkyl carbamates (subject to hydrolysis) is 1. The maximum absolute atomic E-state index is 14.6. The van der Waals surface area contributed by atoms with Crippen LogP contribution >= 0.6 is 0 Å². The summed E-state index contributed by atoms with van der Waals surface area (Å²) in [7, 11) is -2.27. The van der Waals surface area contributed by atoms with Gasteiger partial charge in [0, 0.05) is 44.2 Å². The van der Waals surface area contributed by atoms with Gasteiger partial charge in [-0.15, -0.1) is 0 Å². The van der Waals surface area contributed by atoms with E-state index in [0.29, 0.717) is 32.2 Å². The Bertz CT molecular complexity index is 1870. The lowest BCUT2D eigenvalue weighted by Gasteiger charge is -2.42. The summed E-state index contributed by atoms with van der Waals surface area (Å²) in [5, 5.41) is 13.1. The molecule has 1 saturated heterocycles. The molecule has 0 bridgehead atoms. The summed E-state index contributed by atoms with van der Waals surface area (Å²) in [4.78, 5) is 55.8. The number of ether oxygens (including phenoxy) is 2. The fourth-order valence-corrected chi connectivity index (χ4v) is 9.70. The maximum Gasteiger partial charge on any atom is 0.407 e. The van der Waals surface area contributed by atoms with Crippen molar-refractivity contribution >= 4 is 32.1 Å². The number of carbonyl (C=O) groups is 4. The third-order valence-electron chi connectivity index (χ3n) is 13.0. The zero-order chi connectivity index (χ0) is 43.6. The highest BCUT2D eigenvalue weighted by Crippen LogP contribution is 2.44. The van der Waals surface area contributed by atoms with Gasteiger partial charge < -0.3 is 34.0 Å². The van der Waals surface area contributed by atoms with E-state index in [1.165, 1.54) is 0 Å². The number of esters is 1. The first-order valence-electron chi connectivity index (χ1n) is 21.9. The second kappa shape index (κ2) is 21.0. The zero-order valence-electron chi connectivity index (χ0n) is 37.1. The first kappa shape index (κ1) is 46.7. The van der Waals surface area contributed by atoms with Crippen molar-refractivity contribution in [1.29, 1.82) is 0 Å². The van der Waals surface area contributed by atoms with Crippen molar-refractivity contribution in [3.8, 4) is 11.1 Å². The Labute approximate surface area is 358 Å². The van der Waals surface area contributed by atoms with Crippen LogP contribution in [0.4, 0.5) is 4.79 Å². The number of hydrogen-bond acceptors (Lipinski definition) is 8. The fraction of sp³-hybridized carbons (Fsp3) is 0.551. The number of unbranched alkanes of at least 4 members (excludes halogenated alkanes) is 1. The zero-order valence-corrected chi connectivity index (χ0v) is 38.1. The van der Waals surface area contributed by atoms with Crippen molar-refractivity contribution in [2.24, 2.45) is 11.8 Å². The van der Waals surface area contributed by atoms with Gasteiger partial charge in [-0.1, -0.05) is 120 Å². The molecule has 2 amide bonds. The predicted octanol–water partition coefficient (Wildman–Crippen LogP) is 9.23. The fourth-order valence-electron chi connectivity index (χ4n) is 8.26. The summed E-state index contributed by atoms with van der Waals surface area (Å²) in [6.45, 7) is 16.9. The predicted molar refractivity (Wildman–Crippen MR) is 238 cm³/mol. The standard InChI is InChI=1S/C49H68N2O8Si/c1-33(19-12-13-20-35(3)53)44(30-45(34(2)31-52)59-60(7,8)49(4,5)6)58-47(55)43-27-18-28-51(43)46(54)42(29-36-21-10-9-11-22-36)50-48(56)57-32-41-39-25-16-14-23-37(39)38-24-15-17-26-40(38)41/h9-11,14-17,21-26,33-34,41-45,52H,12-13,18-20,27-32H2,1-8H3,(H,50,56)/t33-,34-,42+,43-,44+,45-/m0/s1. The third-order valence-corrected chi connectivity index (χ3v) is 17.5. The maximum atomic E-state index is 14.6. The largest absolute Gasteiger partial charge is 0.460 e. The molecule has 1 aliphatic carbocycles. The molecule has 60 heavy (non-hydrogen) atoms. The molecule has 0 aromatic heterocycles. The lowest BCUT2D eigenvalue weighted by Crippen LogP contribution is -2.53. The van der Waals surface area contributed by atoms with Gasteiger partial charge in [0.15, 0.2) is 8.32 Å². The van der Waals surface area contributed by atoms with E-state index in [0.717, 1.165) is 47.1 Å². The average Bonchev–Trinajstić information content (AvgIpc) is 3.83. The second-order valence-electron chi connectivity index (χ2n) is 18.6. The van der Waals surface area contributed by atoms with Gasteiger partial charge in [0.25, 0.3) is 0 Å². The van der Waals surface area contributed by atoms with Crippen LogP contribution in [0.5, 0.6) is 0 Å². The highest BCUT2D eigenvalue weighted by atomic mass is 28.4. The summed E-state index contributed by atoms with van der Waals surface area (Å²) in [6.07, 6.45) is 2.85. The molecule has 6 atom stereocenters. The minimum absolute atomic E-state index is 0.0658. The molecule has 0 unspecified atom stereocenters. The van der Waals surface area contributed by atoms with Crippen molar-refractivity contribution in [2.75, 3.05) is 19.8 Å². The topological polar surface area (TPSA) is 131 Å². The number of nitrogens with one attached hydrogen (secondary N) is 1. The molecule has 2 N–H and O–H groups in total. The SMILES string of the molecule is CC(=O)CCCC[C@H](C)[C@@H](C[C@H](O[Si](C)(C)C(C)(C)C)[C@@H](C)CO)OC(=O)[C@@H]1CCCN1C(=O)[C@@H](Cc1ccccc1)NC(=O)OCC1c2ccccc2-c2ccccc21. The molecule has 2 aliphatic rings. The van der Waals surface area contributed by atoms with Gasteiger partial charge in [-0.2, -0.15) is 0 Å². The molecule has 1 heterocycles. The number of hydrogen-bond donors (Lipinski definition) is 2. The quantitative estimate of drug-likeness (QED) is 0.0655. The number of fused-ring (bicyclic) bond motifs is 3. The normalized spacial score (nSPS) is 17.8. The van der Waals surface area contributed by atoms with Gasteiger partial charge in [-0.05, 0) is 84.5 Å². The van der Waals surface area contributed by atoms with E-state index < -0.39 is 38.6 Å². The minimum atomic E-state index is -2.27. The van der Waals surface area contributed by atoms with Gasteiger partial charge in [0.05, 0.1) is 6.10 Å². The number of ketones is 1. The number of amides is 2. The van der Waals surface area contributed by atoms with Crippen LogP contribution in [0.3, 0.4) is 0 Å². The lowest BCUT2D eigenvalue weighted by atomic mass is 9.90. The average molecular weight is 841 g/mol. The van der Waals surface area contributed by atoms with Crippen LogP contribution in [0.1, 0.15) is 109 Å². The first-order valence-corrected chi connectivity index (χ1v) is 24.9. The molecule has 0 saturated carbocycles. The molecule has 3 aromatic carbocycles.